The number of hydrogen-bond donors (Lipinski definition) is 0. The molecule has 3 nitrogen and oxygen atoms in total. The number of carbonyl (C=O) groups is 1. The zero-order valence-electron chi connectivity index (χ0n) is 11.7. The fraction of sp³-hybridized carbons (Fsp3) is 0.533. The van der Waals surface area contributed by atoms with Crippen molar-refractivity contribution in [2.24, 2.45) is 0 Å². The van der Waals surface area contributed by atoms with Gasteiger partial charge in [-0.1, -0.05) is 34.1 Å². The molecule has 106 valence electrons. The second kappa shape index (κ2) is 8.97. The molecule has 0 heterocycles. The van der Waals surface area contributed by atoms with Gasteiger partial charge in [0.1, 0.15) is 5.75 Å². The Morgan fingerprint density at radius 2 is 2.05 bits per heavy atom. The Kier molecular flexibility index (Phi) is 7.56. The summed E-state index contributed by atoms with van der Waals surface area (Å²) in [6.07, 6.45) is 2.58. The number of hydrogen-bond acceptors (Lipinski definition) is 2. The smallest absolute Gasteiger partial charge is 0.222 e. The molecule has 0 saturated carbocycles. The van der Waals surface area contributed by atoms with E-state index in [2.05, 4.69) is 15.9 Å². The molecule has 0 atom stereocenters. The minimum absolute atomic E-state index is 0.187. The van der Waals surface area contributed by atoms with Crippen LogP contribution in [-0.4, -0.2) is 29.8 Å². The van der Waals surface area contributed by atoms with Crippen molar-refractivity contribution in [3.8, 4) is 5.75 Å². The first-order valence-electron chi connectivity index (χ1n) is 6.69. The van der Waals surface area contributed by atoms with E-state index in [1.165, 1.54) is 0 Å². The average Bonchev–Trinajstić information content (AvgIpc) is 2.41. The first-order valence-corrected chi connectivity index (χ1v) is 7.81. The lowest BCUT2D eigenvalue weighted by atomic mass is 10.1. The summed E-state index contributed by atoms with van der Waals surface area (Å²) in [5, 5.41) is 0.956. The summed E-state index contributed by atoms with van der Waals surface area (Å²) in [6, 6.07) is 7.88. The Balaban J connectivity index is 2.55. The zero-order valence-corrected chi connectivity index (χ0v) is 13.3. The topological polar surface area (TPSA) is 29.5 Å². The summed E-state index contributed by atoms with van der Waals surface area (Å²) in [7, 11) is 1.85. The van der Waals surface area contributed by atoms with Gasteiger partial charge in [-0.2, -0.15) is 0 Å². The van der Waals surface area contributed by atoms with E-state index in [-0.39, 0.29) is 5.91 Å². The molecule has 1 rings (SSSR count). The van der Waals surface area contributed by atoms with Crippen molar-refractivity contribution in [1.82, 2.24) is 4.90 Å². The van der Waals surface area contributed by atoms with Gasteiger partial charge in [0.2, 0.25) is 5.91 Å². The zero-order chi connectivity index (χ0) is 14.1. The highest BCUT2D eigenvalue weighted by Gasteiger charge is 2.11. The van der Waals surface area contributed by atoms with Gasteiger partial charge in [-0.05, 0) is 25.8 Å². The molecule has 0 aliphatic carbocycles. The lowest BCUT2D eigenvalue weighted by molar-refractivity contribution is -0.130. The molecule has 0 saturated heterocycles. The van der Waals surface area contributed by atoms with Gasteiger partial charge in [0.05, 0.1) is 6.61 Å². The van der Waals surface area contributed by atoms with Gasteiger partial charge in [0.25, 0.3) is 0 Å². The maximum absolute atomic E-state index is 12.0. The third kappa shape index (κ3) is 5.64. The Morgan fingerprint density at radius 1 is 1.32 bits per heavy atom. The van der Waals surface area contributed by atoms with Crippen LogP contribution in [0.15, 0.2) is 24.3 Å². The van der Waals surface area contributed by atoms with Crippen molar-refractivity contribution in [2.75, 3.05) is 19.0 Å². The summed E-state index contributed by atoms with van der Waals surface area (Å²) in [6.45, 7) is 3.20. The minimum atomic E-state index is 0.187. The summed E-state index contributed by atoms with van der Waals surface area (Å²) < 4.78 is 5.57. The molecule has 0 N–H and O–H groups in total. The summed E-state index contributed by atoms with van der Waals surface area (Å²) in [5.74, 6) is 1.05. The number of rotatable bonds is 8. The molecule has 0 bridgehead atoms. The van der Waals surface area contributed by atoms with Crippen LogP contribution in [-0.2, 0) is 11.3 Å². The Morgan fingerprint density at radius 3 is 2.74 bits per heavy atom. The van der Waals surface area contributed by atoms with Crippen LogP contribution in [0.1, 0.15) is 31.7 Å². The Bertz CT molecular complexity index is 395. The molecule has 0 fully saturated rings. The molecule has 0 aliphatic rings. The molecule has 1 aromatic carbocycles. The second-order valence-corrected chi connectivity index (χ2v) is 5.23. The first-order chi connectivity index (χ1) is 9.19. The summed E-state index contributed by atoms with van der Waals surface area (Å²) in [5.41, 5.74) is 1.06. The van der Waals surface area contributed by atoms with E-state index >= 15 is 0 Å². The predicted octanol–water partition coefficient (Wildman–Crippen LogP) is 3.61. The van der Waals surface area contributed by atoms with Crippen LogP contribution in [0, 0.1) is 0 Å². The van der Waals surface area contributed by atoms with E-state index < -0.39 is 0 Å². The normalized spacial score (nSPS) is 10.3. The Labute approximate surface area is 124 Å². The van der Waals surface area contributed by atoms with Crippen LogP contribution in [0.5, 0.6) is 5.75 Å². The van der Waals surface area contributed by atoms with E-state index in [0.717, 1.165) is 29.5 Å². The number of alkyl halides is 1. The van der Waals surface area contributed by atoms with Crippen LogP contribution >= 0.6 is 15.9 Å². The fourth-order valence-corrected chi connectivity index (χ4v) is 2.23. The number of carbonyl (C=O) groups excluding carboxylic acids is 1. The number of ether oxygens (including phenoxy) is 1. The predicted molar refractivity (Wildman–Crippen MR) is 81.7 cm³/mol. The fourth-order valence-electron chi connectivity index (χ4n) is 1.84. The third-order valence-electron chi connectivity index (χ3n) is 2.88. The van der Waals surface area contributed by atoms with E-state index in [0.29, 0.717) is 19.6 Å². The van der Waals surface area contributed by atoms with Crippen LogP contribution in [0.25, 0.3) is 0 Å². The van der Waals surface area contributed by atoms with E-state index in [1.807, 2.05) is 38.2 Å². The van der Waals surface area contributed by atoms with Crippen LogP contribution < -0.4 is 4.74 Å². The van der Waals surface area contributed by atoms with Crippen LogP contribution in [0.4, 0.5) is 0 Å². The molecule has 19 heavy (non-hydrogen) atoms. The number of para-hydroxylation sites is 1. The molecular formula is C15H22BrNO2. The number of nitrogens with zero attached hydrogens (tertiary/aromatic N) is 1. The number of unbranched alkanes of at least 4 members (excludes halogenated alkanes) is 1. The van der Waals surface area contributed by atoms with Gasteiger partial charge in [-0.3, -0.25) is 4.79 Å². The highest BCUT2D eigenvalue weighted by Crippen LogP contribution is 2.19. The van der Waals surface area contributed by atoms with Gasteiger partial charge in [0, 0.05) is 30.9 Å². The van der Waals surface area contributed by atoms with Gasteiger partial charge >= 0.3 is 0 Å². The van der Waals surface area contributed by atoms with Crippen LogP contribution in [0.2, 0.25) is 0 Å². The SMILES string of the molecule is CCOc1ccccc1CN(C)C(=O)CCCCBr. The second-order valence-electron chi connectivity index (χ2n) is 4.44. The van der Waals surface area contributed by atoms with Crippen LogP contribution in [0.3, 0.4) is 0 Å². The average molecular weight is 328 g/mol. The van der Waals surface area contributed by atoms with Crippen molar-refractivity contribution >= 4 is 21.8 Å². The lowest BCUT2D eigenvalue weighted by Crippen LogP contribution is -2.26. The maximum atomic E-state index is 12.0. The first kappa shape index (κ1) is 16.0. The monoisotopic (exact) mass is 327 g/mol. The molecule has 1 aromatic rings. The quantitative estimate of drug-likeness (QED) is 0.539. The maximum Gasteiger partial charge on any atom is 0.222 e. The number of benzene rings is 1. The van der Waals surface area contributed by atoms with Crippen molar-refractivity contribution in [3.63, 3.8) is 0 Å². The highest BCUT2D eigenvalue weighted by atomic mass is 79.9. The van der Waals surface area contributed by atoms with E-state index in [9.17, 15) is 4.79 Å². The van der Waals surface area contributed by atoms with Crippen molar-refractivity contribution < 1.29 is 9.53 Å². The van der Waals surface area contributed by atoms with Crippen molar-refractivity contribution in [2.45, 2.75) is 32.7 Å². The number of halogens is 1. The largest absolute Gasteiger partial charge is 0.494 e. The Hall–Kier alpha value is -1.03. The molecule has 0 spiro atoms. The molecule has 4 heteroatoms. The van der Waals surface area contributed by atoms with Gasteiger partial charge in [-0.25, -0.2) is 0 Å². The highest BCUT2D eigenvalue weighted by molar-refractivity contribution is 9.09. The molecule has 0 radical (unpaired) electrons. The molecule has 0 aromatic heterocycles. The number of amides is 1. The van der Waals surface area contributed by atoms with Crippen molar-refractivity contribution in [1.29, 1.82) is 0 Å². The van der Waals surface area contributed by atoms with E-state index in [1.54, 1.807) is 4.90 Å². The lowest BCUT2D eigenvalue weighted by Gasteiger charge is -2.19. The van der Waals surface area contributed by atoms with Gasteiger partial charge < -0.3 is 9.64 Å². The van der Waals surface area contributed by atoms with E-state index in [4.69, 9.17) is 4.74 Å². The molecule has 0 aliphatic heterocycles. The molecular weight excluding hydrogens is 306 g/mol. The minimum Gasteiger partial charge on any atom is -0.494 e. The third-order valence-corrected chi connectivity index (χ3v) is 3.44. The van der Waals surface area contributed by atoms with Gasteiger partial charge in [0.15, 0.2) is 0 Å². The van der Waals surface area contributed by atoms with Crippen molar-refractivity contribution in [3.05, 3.63) is 29.8 Å². The summed E-state index contributed by atoms with van der Waals surface area (Å²) >= 11 is 3.38. The van der Waals surface area contributed by atoms with Gasteiger partial charge in [-0.15, -0.1) is 0 Å². The standard InChI is InChI=1S/C15H22BrNO2/c1-3-19-14-9-5-4-8-13(14)12-17(2)15(18)10-6-7-11-16/h4-5,8-9H,3,6-7,10-12H2,1-2H3. The molecule has 0 unspecified atom stereocenters. The summed E-state index contributed by atoms with van der Waals surface area (Å²) in [4.78, 5) is 13.7. The molecule has 1 amide bonds.